The van der Waals surface area contributed by atoms with Gasteiger partial charge in [0, 0.05) is 29.4 Å². The van der Waals surface area contributed by atoms with E-state index >= 15 is 0 Å². The van der Waals surface area contributed by atoms with Crippen LogP contribution in [-0.2, 0) is 16.1 Å². The molecule has 0 aromatic heterocycles. The molecule has 0 fully saturated rings. The van der Waals surface area contributed by atoms with E-state index in [1.165, 1.54) is 0 Å². The molecule has 32 heavy (non-hydrogen) atoms. The van der Waals surface area contributed by atoms with Gasteiger partial charge in [0.25, 0.3) is 0 Å². The van der Waals surface area contributed by atoms with Crippen molar-refractivity contribution in [1.29, 1.82) is 0 Å². The second-order valence-electron chi connectivity index (χ2n) is 7.60. The summed E-state index contributed by atoms with van der Waals surface area (Å²) >= 11 is 7.63. The lowest BCUT2D eigenvalue weighted by molar-refractivity contribution is -0.140. The highest BCUT2D eigenvalue weighted by atomic mass is 35.5. The highest BCUT2D eigenvalue weighted by Crippen LogP contribution is 2.22. The smallest absolute Gasteiger partial charge is 0.242 e. The quantitative estimate of drug-likeness (QED) is 0.304. The number of ether oxygens (including phenoxy) is 1. The molecule has 2 amide bonds. The molecule has 7 heteroatoms. The van der Waals surface area contributed by atoms with E-state index in [0.717, 1.165) is 41.2 Å². The predicted octanol–water partition coefficient (Wildman–Crippen LogP) is 5.55. The van der Waals surface area contributed by atoms with E-state index in [-0.39, 0.29) is 11.8 Å². The van der Waals surface area contributed by atoms with Crippen LogP contribution in [0.3, 0.4) is 0 Å². The summed E-state index contributed by atoms with van der Waals surface area (Å²) in [6, 6.07) is 14.7. The standard InChI is InChI=1S/C25H33ClN2O3S/c1-4-5-16-27-25(30)19(2)28(18-20-8-12-22(31-3)13-9-20)24(29)7-6-17-32-23-14-10-21(26)11-15-23/h8-15,19H,4-7,16-18H2,1-3H3,(H,27,30). The molecule has 0 aliphatic carbocycles. The van der Waals surface area contributed by atoms with Crippen LogP contribution in [0.2, 0.25) is 5.02 Å². The maximum Gasteiger partial charge on any atom is 0.242 e. The molecule has 0 aliphatic heterocycles. The van der Waals surface area contributed by atoms with Crippen LogP contribution in [0, 0.1) is 0 Å². The van der Waals surface area contributed by atoms with Crippen molar-refractivity contribution < 1.29 is 14.3 Å². The highest BCUT2D eigenvalue weighted by molar-refractivity contribution is 7.99. The average molecular weight is 477 g/mol. The zero-order valence-electron chi connectivity index (χ0n) is 19.1. The highest BCUT2D eigenvalue weighted by Gasteiger charge is 2.25. The number of unbranched alkanes of at least 4 members (excludes halogenated alkanes) is 1. The number of rotatable bonds is 13. The Morgan fingerprint density at radius 2 is 1.78 bits per heavy atom. The number of hydrogen-bond acceptors (Lipinski definition) is 4. The third-order valence-electron chi connectivity index (χ3n) is 5.13. The lowest BCUT2D eigenvalue weighted by Crippen LogP contribution is -2.47. The number of hydrogen-bond donors (Lipinski definition) is 1. The summed E-state index contributed by atoms with van der Waals surface area (Å²) in [4.78, 5) is 28.6. The second kappa shape index (κ2) is 14.1. The van der Waals surface area contributed by atoms with Crippen LogP contribution < -0.4 is 10.1 Å². The minimum atomic E-state index is -0.537. The Balaban J connectivity index is 1.98. The third kappa shape index (κ3) is 8.75. The Labute approximate surface area is 200 Å². The lowest BCUT2D eigenvalue weighted by Gasteiger charge is -2.29. The Bertz CT molecular complexity index is 843. The first-order valence-electron chi connectivity index (χ1n) is 11.0. The van der Waals surface area contributed by atoms with Crippen LogP contribution in [0.1, 0.15) is 45.1 Å². The van der Waals surface area contributed by atoms with Crippen molar-refractivity contribution in [2.75, 3.05) is 19.4 Å². The Hall–Kier alpha value is -2.18. The Morgan fingerprint density at radius 3 is 2.41 bits per heavy atom. The van der Waals surface area contributed by atoms with Gasteiger partial charge in [-0.15, -0.1) is 11.8 Å². The molecule has 1 N–H and O–H groups in total. The van der Waals surface area contributed by atoms with Crippen LogP contribution in [0.25, 0.3) is 0 Å². The monoisotopic (exact) mass is 476 g/mol. The molecule has 0 bridgehead atoms. The van der Waals surface area contributed by atoms with Crippen LogP contribution in [0.15, 0.2) is 53.4 Å². The number of benzene rings is 2. The van der Waals surface area contributed by atoms with Gasteiger partial charge in [0.2, 0.25) is 11.8 Å². The van der Waals surface area contributed by atoms with Crippen LogP contribution >= 0.6 is 23.4 Å². The van der Waals surface area contributed by atoms with Gasteiger partial charge in [-0.2, -0.15) is 0 Å². The second-order valence-corrected chi connectivity index (χ2v) is 9.20. The Kier molecular flexibility index (Phi) is 11.5. The number of methoxy groups -OCH3 is 1. The topological polar surface area (TPSA) is 58.6 Å². The van der Waals surface area contributed by atoms with E-state index in [4.69, 9.17) is 16.3 Å². The van der Waals surface area contributed by atoms with Crippen molar-refractivity contribution in [2.24, 2.45) is 0 Å². The number of halogens is 1. The van der Waals surface area contributed by atoms with Gasteiger partial charge in [-0.25, -0.2) is 0 Å². The molecule has 0 saturated heterocycles. The first kappa shape index (κ1) is 26.1. The first-order valence-corrected chi connectivity index (χ1v) is 12.4. The van der Waals surface area contributed by atoms with Gasteiger partial charge in [0.15, 0.2) is 0 Å². The van der Waals surface area contributed by atoms with Crippen molar-refractivity contribution in [3.05, 3.63) is 59.1 Å². The fraction of sp³-hybridized carbons (Fsp3) is 0.440. The van der Waals surface area contributed by atoms with Gasteiger partial charge in [0.05, 0.1) is 7.11 Å². The number of thioether (sulfide) groups is 1. The van der Waals surface area contributed by atoms with Gasteiger partial charge in [-0.05, 0) is 67.5 Å². The van der Waals surface area contributed by atoms with Crippen molar-refractivity contribution in [2.45, 2.75) is 57.0 Å². The van der Waals surface area contributed by atoms with E-state index in [9.17, 15) is 9.59 Å². The molecule has 2 aromatic rings. The van der Waals surface area contributed by atoms with Crippen molar-refractivity contribution in [3.8, 4) is 5.75 Å². The number of amides is 2. The fourth-order valence-corrected chi connectivity index (χ4v) is 4.11. The molecule has 0 aliphatic rings. The molecule has 2 aromatic carbocycles. The van der Waals surface area contributed by atoms with Gasteiger partial charge >= 0.3 is 0 Å². The van der Waals surface area contributed by atoms with E-state index in [1.807, 2.05) is 48.5 Å². The molecule has 0 radical (unpaired) electrons. The normalized spacial score (nSPS) is 11.6. The number of carbonyl (C=O) groups is 2. The average Bonchev–Trinajstić information content (AvgIpc) is 2.81. The summed E-state index contributed by atoms with van der Waals surface area (Å²) in [6.45, 7) is 4.89. The lowest BCUT2D eigenvalue weighted by atomic mass is 10.1. The molecule has 2 rings (SSSR count). The van der Waals surface area contributed by atoms with E-state index in [1.54, 1.807) is 30.7 Å². The summed E-state index contributed by atoms with van der Waals surface area (Å²) in [6.07, 6.45) is 3.06. The van der Waals surface area contributed by atoms with Crippen LogP contribution in [-0.4, -0.2) is 42.2 Å². The third-order valence-corrected chi connectivity index (χ3v) is 6.48. The largest absolute Gasteiger partial charge is 0.497 e. The van der Waals surface area contributed by atoms with Gasteiger partial charge < -0.3 is 15.0 Å². The molecule has 0 spiro atoms. The van der Waals surface area contributed by atoms with Gasteiger partial charge in [-0.1, -0.05) is 37.1 Å². The SMILES string of the molecule is CCCCNC(=O)C(C)N(Cc1ccc(OC)cc1)C(=O)CCCSc1ccc(Cl)cc1. The van der Waals surface area contributed by atoms with E-state index in [0.29, 0.717) is 24.5 Å². The number of nitrogens with zero attached hydrogens (tertiary/aromatic N) is 1. The van der Waals surface area contributed by atoms with E-state index in [2.05, 4.69) is 12.2 Å². The van der Waals surface area contributed by atoms with Crippen molar-refractivity contribution >= 4 is 35.2 Å². The van der Waals surface area contributed by atoms with Crippen LogP contribution in [0.4, 0.5) is 0 Å². The summed E-state index contributed by atoms with van der Waals surface area (Å²) in [7, 11) is 1.62. The zero-order valence-corrected chi connectivity index (χ0v) is 20.7. The molecule has 174 valence electrons. The summed E-state index contributed by atoms with van der Waals surface area (Å²) in [5.41, 5.74) is 0.961. The molecule has 1 unspecified atom stereocenters. The minimum absolute atomic E-state index is 0.0179. The van der Waals surface area contributed by atoms with Gasteiger partial charge in [-0.3, -0.25) is 9.59 Å². The molecular weight excluding hydrogens is 444 g/mol. The predicted molar refractivity (Wildman–Crippen MR) is 132 cm³/mol. The summed E-state index contributed by atoms with van der Waals surface area (Å²) in [5.74, 6) is 1.45. The molecule has 5 nitrogen and oxygen atoms in total. The van der Waals surface area contributed by atoms with Gasteiger partial charge in [0.1, 0.15) is 11.8 Å². The number of carbonyl (C=O) groups excluding carboxylic acids is 2. The molecule has 1 atom stereocenters. The first-order chi connectivity index (χ1) is 15.4. The van der Waals surface area contributed by atoms with Crippen molar-refractivity contribution in [3.63, 3.8) is 0 Å². The molecule has 0 heterocycles. The fourth-order valence-electron chi connectivity index (χ4n) is 3.13. The van der Waals surface area contributed by atoms with Crippen LogP contribution in [0.5, 0.6) is 5.75 Å². The maximum absolute atomic E-state index is 13.1. The number of nitrogens with one attached hydrogen (secondary N) is 1. The molecular formula is C25H33ClN2O3S. The molecule has 0 saturated carbocycles. The Morgan fingerprint density at radius 1 is 1.09 bits per heavy atom. The minimum Gasteiger partial charge on any atom is -0.497 e. The summed E-state index contributed by atoms with van der Waals surface area (Å²) in [5, 5.41) is 3.66. The van der Waals surface area contributed by atoms with Crippen molar-refractivity contribution in [1.82, 2.24) is 10.2 Å². The summed E-state index contributed by atoms with van der Waals surface area (Å²) < 4.78 is 5.22. The maximum atomic E-state index is 13.1. The van der Waals surface area contributed by atoms with E-state index < -0.39 is 6.04 Å². The zero-order chi connectivity index (χ0) is 23.3.